The number of rotatable bonds is 5. The minimum Gasteiger partial charge on any atom is -0.497 e. The average molecular weight is 220 g/mol. The van der Waals surface area contributed by atoms with E-state index in [1.807, 2.05) is 24.3 Å². The number of anilines is 1. The van der Waals surface area contributed by atoms with E-state index in [2.05, 4.69) is 11.4 Å². The van der Waals surface area contributed by atoms with Gasteiger partial charge in [-0.15, -0.1) is 0 Å². The Bertz CT molecular complexity index is 370. The van der Waals surface area contributed by atoms with Gasteiger partial charge in [0.25, 0.3) is 0 Å². The quantitative estimate of drug-likeness (QED) is 0.825. The van der Waals surface area contributed by atoms with Gasteiger partial charge in [-0.3, -0.25) is 0 Å². The lowest BCUT2D eigenvalue weighted by Crippen LogP contribution is -2.37. The predicted molar refractivity (Wildman–Crippen MR) is 62.5 cm³/mol. The fourth-order valence-electron chi connectivity index (χ4n) is 1.38. The Kier molecular flexibility index (Phi) is 4.15. The standard InChI is InChI=1S/C12H16N2O2/c1-12(8-13,9-15-2)14-10-4-6-11(16-3)7-5-10/h4-7,14H,9H2,1-3H3. The van der Waals surface area contributed by atoms with Gasteiger partial charge in [0.05, 0.1) is 19.8 Å². The molecular weight excluding hydrogens is 204 g/mol. The molecule has 0 aliphatic carbocycles. The molecule has 1 aromatic carbocycles. The lowest BCUT2D eigenvalue weighted by molar-refractivity contribution is 0.171. The van der Waals surface area contributed by atoms with Crippen LogP contribution in [-0.4, -0.2) is 26.4 Å². The average Bonchev–Trinajstić information content (AvgIpc) is 2.30. The second-order valence-electron chi connectivity index (χ2n) is 3.73. The Morgan fingerprint density at radius 1 is 1.31 bits per heavy atom. The van der Waals surface area contributed by atoms with Gasteiger partial charge in [-0.1, -0.05) is 0 Å². The van der Waals surface area contributed by atoms with E-state index in [9.17, 15) is 0 Å². The third-order valence-corrected chi connectivity index (χ3v) is 2.19. The second-order valence-corrected chi connectivity index (χ2v) is 3.73. The fourth-order valence-corrected chi connectivity index (χ4v) is 1.38. The smallest absolute Gasteiger partial charge is 0.146 e. The molecule has 0 heterocycles. The minimum atomic E-state index is -0.719. The molecule has 0 spiro atoms. The summed E-state index contributed by atoms with van der Waals surface area (Å²) in [7, 11) is 3.19. The van der Waals surface area contributed by atoms with Crippen LogP contribution in [-0.2, 0) is 4.74 Å². The molecule has 0 radical (unpaired) electrons. The van der Waals surface area contributed by atoms with Gasteiger partial charge >= 0.3 is 0 Å². The third-order valence-electron chi connectivity index (χ3n) is 2.19. The van der Waals surface area contributed by atoms with Crippen LogP contribution in [0, 0.1) is 11.3 Å². The highest BCUT2D eigenvalue weighted by molar-refractivity contribution is 5.49. The van der Waals surface area contributed by atoms with Crippen molar-refractivity contribution in [3.05, 3.63) is 24.3 Å². The zero-order valence-electron chi connectivity index (χ0n) is 9.78. The molecule has 86 valence electrons. The maximum atomic E-state index is 9.06. The monoisotopic (exact) mass is 220 g/mol. The van der Waals surface area contributed by atoms with Gasteiger partial charge in [-0.25, -0.2) is 0 Å². The van der Waals surface area contributed by atoms with Crippen molar-refractivity contribution in [1.82, 2.24) is 0 Å². The van der Waals surface area contributed by atoms with E-state index in [0.717, 1.165) is 11.4 Å². The van der Waals surface area contributed by atoms with Gasteiger partial charge in [-0.05, 0) is 31.2 Å². The molecule has 4 heteroatoms. The highest BCUT2D eigenvalue weighted by Gasteiger charge is 2.23. The Morgan fingerprint density at radius 2 is 1.94 bits per heavy atom. The number of nitrogens with zero attached hydrogens (tertiary/aromatic N) is 1. The molecule has 0 amide bonds. The van der Waals surface area contributed by atoms with Crippen molar-refractivity contribution >= 4 is 5.69 Å². The number of nitriles is 1. The van der Waals surface area contributed by atoms with Crippen molar-refractivity contribution in [1.29, 1.82) is 5.26 Å². The molecule has 1 N–H and O–H groups in total. The predicted octanol–water partition coefficient (Wildman–Crippen LogP) is 2.04. The van der Waals surface area contributed by atoms with Crippen molar-refractivity contribution in [2.24, 2.45) is 0 Å². The second kappa shape index (κ2) is 5.38. The van der Waals surface area contributed by atoms with Crippen molar-refractivity contribution in [3.63, 3.8) is 0 Å². The van der Waals surface area contributed by atoms with E-state index in [0.29, 0.717) is 6.61 Å². The normalized spacial score (nSPS) is 13.6. The van der Waals surface area contributed by atoms with Gasteiger partial charge in [0.2, 0.25) is 0 Å². The molecule has 0 saturated carbocycles. The van der Waals surface area contributed by atoms with Crippen LogP contribution in [0.3, 0.4) is 0 Å². The molecule has 1 atom stereocenters. The van der Waals surface area contributed by atoms with Crippen LogP contribution >= 0.6 is 0 Å². The molecule has 0 aliphatic rings. The zero-order chi connectivity index (χ0) is 12.0. The van der Waals surface area contributed by atoms with Crippen molar-refractivity contribution in [3.8, 4) is 11.8 Å². The van der Waals surface area contributed by atoms with Gasteiger partial charge in [0.1, 0.15) is 11.3 Å². The molecule has 0 aromatic heterocycles. The van der Waals surface area contributed by atoms with Crippen LogP contribution in [0.2, 0.25) is 0 Å². The van der Waals surface area contributed by atoms with Crippen LogP contribution in [0.15, 0.2) is 24.3 Å². The molecular formula is C12H16N2O2. The Balaban J connectivity index is 2.75. The molecule has 0 aliphatic heterocycles. The summed E-state index contributed by atoms with van der Waals surface area (Å²) in [6, 6.07) is 9.60. The number of hydrogen-bond acceptors (Lipinski definition) is 4. The topological polar surface area (TPSA) is 54.3 Å². The van der Waals surface area contributed by atoms with E-state index >= 15 is 0 Å². The largest absolute Gasteiger partial charge is 0.497 e. The Hall–Kier alpha value is -1.73. The van der Waals surface area contributed by atoms with Crippen molar-refractivity contribution < 1.29 is 9.47 Å². The Labute approximate surface area is 95.8 Å². The maximum absolute atomic E-state index is 9.06. The fraction of sp³-hybridized carbons (Fsp3) is 0.417. The summed E-state index contributed by atoms with van der Waals surface area (Å²) in [6.07, 6.45) is 0. The first-order valence-corrected chi connectivity index (χ1v) is 4.96. The van der Waals surface area contributed by atoms with Crippen molar-refractivity contribution in [2.45, 2.75) is 12.5 Å². The first-order valence-electron chi connectivity index (χ1n) is 4.96. The molecule has 0 bridgehead atoms. The van der Waals surface area contributed by atoms with E-state index in [1.54, 1.807) is 21.1 Å². The summed E-state index contributed by atoms with van der Waals surface area (Å²) in [6.45, 7) is 2.12. The SMILES string of the molecule is COCC(C)(C#N)Nc1ccc(OC)cc1. The summed E-state index contributed by atoms with van der Waals surface area (Å²) in [5, 5.41) is 12.2. The first kappa shape index (κ1) is 12.3. The van der Waals surface area contributed by atoms with Crippen LogP contribution in [0.1, 0.15) is 6.92 Å². The molecule has 1 rings (SSSR count). The third kappa shape index (κ3) is 3.14. The van der Waals surface area contributed by atoms with Gasteiger partial charge in [0.15, 0.2) is 0 Å². The molecule has 0 fully saturated rings. The summed E-state index contributed by atoms with van der Waals surface area (Å²) in [5.41, 5.74) is 0.144. The van der Waals surface area contributed by atoms with E-state index in [1.165, 1.54) is 0 Å². The van der Waals surface area contributed by atoms with Crippen LogP contribution in [0.5, 0.6) is 5.75 Å². The highest BCUT2D eigenvalue weighted by Crippen LogP contribution is 2.19. The molecule has 0 saturated heterocycles. The summed E-state index contributed by atoms with van der Waals surface area (Å²) >= 11 is 0. The lowest BCUT2D eigenvalue weighted by atomic mass is 10.1. The number of ether oxygens (including phenoxy) is 2. The molecule has 1 aromatic rings. The van der Waals surface area contributed by atoms with Gasteiger partial charge in [-0.2, -0.15) is 5.26 Å². The first-order chi connectivity index (χ1) is 7.63. The van der Waals surface area contributed by atoms with Gasteiger partial charge in [0, 0.05) is 12.8 Å². The van der Waals surface area contributed by atoms with Crippen LogP contribution in [0.25, 0.3) is 0 Å². The highest BCUT2D eigenvalue weighted by atomic mass is 16.5. The lowest BCUT2D eigenvalue weighted by Gasteiger charge is -2.23. The van der Waals surface area contributed by atoms with Crippen molar-refractivity contribution in [2.75, 3.05) is 26.1 Å². The minimum absolute atomic E-state index is 0.329. The maximum Gasteiger partial charge on any atom is 0.146 e. The zero-order valence-corrected chi connectivity index (χ0v) is 9.78. The molecule has 1 unspecified atom stereocenters. The number of benzene rings is 1. The van der Waals surface area contributed by atoms with E-state index < -0.39 is 5.54 Å². The number of methoxy groups -OCH3 is 2. The number of hydrogen-bond donors (Lipinski definition) is 1. The molecule has 4 nitrogen and oxygen atoms in total. The van der Waals surface area contributed by atoms with E-state index in [4.69, 9.17) is 14.7 Å². The molecule has 16 heavy (non-hydrogen) atoms. The number of nitrogens with one attached hydrogen (secondary N) is 1. The van der Waals surface area contributed by atoms with Crippen LogP contribution in [0.4, 0.5) is 5.69 Å². The summed E-state index contributed by atoms with van der Waals surface area (Å²) in [4.78, 5) is 0. The van der Waals surface area contributed by atoms with Gasteiger partial charge < -0.3 is 14.8 Å². The van der Waals surface area contributed by atoms with E-state index in [-0.39, 0.29) is 0 Å². The Morgan fingerprint density at radius 3 is 2.38 bits per heavy atom. The van der Waals surface area contributed by atoms with Crippen LogP contribution < -0.4 is 10.1 Å². The summed E-state index contributed by atoms with van der Waals surface area (Å²) in [5.74, 6) is 0.788. The summed E-state index contributed by atoms with van der Waals surface area (Å²) < 4.78 is 10.1.